The summed E-state index contributed by atoms with van der Waals surface area (Å²) in [6.45, 7) is 0. The summed E-state index contributed by atoms with van der Waals surface area (Å²) in [6, 6.07) is 30.2. The molecule has 30 heavy (non-hydrogen) atoms. The molecule has 1 aromatic heterocycles. The quantitative estimate of drug-likeness (QED) is 0.351. The van der Waals surface area contributed by atoms with E-state index in [2.05, 4.69) is 34.9 Å². The monoisotopic (exact) mass is 391 g/mol. The molecule has 0 aliphatic carbocycles. The van der Waals surface area contributed by atoms with Gasteiger partial charge in [0.2, 0.25) is 0 Å². The van der Waals surface area contributed by atoms with Crippen LogP contribution in [0.15, 0.2) is 95.8 Å². The second kappa shape index (κ2) is 7.20. The van der Waals surface area contributed by atoms with Crippen LogP contribution in [0, 0.1) is 0 Å². The molecular formula is C27H21NO2. The largest absolute Gasteiger partial charge is 0.497 e. The van der Waals surface area contributed by atoms with E-state index in [4.69, 9.17) is 4.74 Å². The minimum atomic E-state index is 0.0668. The van der Waals surface area contributed by atoms with E-state index < -0.39 is 0 Å². The fourth-order valence-corrected chi connectivity index (χ4v) is 4.15. The smallest absolute Gasteiger partial charge is 0.197 e. The topological polar surface area (TPSA) is 31.2 Å². The first kappa shape index (κ1) is 18.2. The van der Waals surface area contributed by atoms with Gasteiger partial charge in [-0.2, -0.15) is 0 Å². The molecule has 0 amide bonds. The lowest BCUT2D eigenvalue weighted by Crippen LogP contribution is -2.09. The Balaban J connectivity index is 1.90. The number of pyridine rings is 1. The molecule has 0 fully saturated rings. The molecule has 0 saturated carbocycles. The molecule has 4 aromatic carbocycles. The molecule has 0 spiro atoms. The van der Waals surface area contributed by atoms with Gasteiger partial charge >= 0.3 is 0 Å². The molecule has 3 nitrogen and oxygen atoms in total. The van der Waals surface area contributed by atoms with Gasteiger partial charge in [-0.15, -0.1) is 0 Å². The van der Waals surface area contributed by atoms with Crippen molar-refractivity contribution in [2.45, 2.75) is 0 Å². The summed E-state index contributed by atoms with van der Waals surface area (Å²) in [6.07, 6.45) is 0. The molecule has 146 valence electrons. The highest BCUT2D eigenvalue weighted by Gasteiger charge is 2.15. The minimum absolute atomic E-state index is 0.0668. The molecule has 3 heteroatoms. The number of hydrogen-bond acceptors (Lipinski definition) is 2. The SMILES string of the molecule is COc1ccc(-c2cc3c(cc2-c2ccccc2)c(=O)c2ccccc2n3C)cc1. The van der Waals surface area contributed by atoms with Crippen molar-refractivity contribution in [2.24, 2.45) is 7.05 Å². The van der Waals surface area contributed by atoms with E-state index >= 15 is 0 Å². The highest BCUT2D eigenvalue weighted by Crippen LogP contribution is 2.36. The summed E-state index contributed by atoms with van der Waals surface area (Å²) in [5.74, 6) is 0.819. The van der Waals surface area contributed by atoms with Crippen molar-refractivity contribution in [3.8, 4) is 28.0 Å². The maximum atomic E-state index is 13.3. The van der Waals surface area contributed by atoms with Crippen LogP contribution in [-0.4, -0.2) is 11.7 Å². The van der Waals surface area contributed by atoms with Crippen molar-refractivity contribution < 1.29 is 4.74 Å². The third-order valence-corrected chi connectivity index (χ3v) is 5.74. The van der Waals surface area contributed by atoms with Crippen LogP contribution >= 0.6 is 0 Å². The maximum absolute atomic E-state index is 13.3. The Morgan fingerprint density at radius 2 is 1.30 bits per heavy atom. The van der Waals surface area contributed by atoms with Crippen molar-refractivity contribution in [1.29, 1.82) is 0 Å². The van der Waals surface area contributed by atoms with Gasteiger partial charge in [0.1, 0.15) is 5.75 Å². The van der Waals surface area contributed by atoms with Gasteiger partial charge in [-0.05, 0) is 58.7 Å². The van der Waals surface area contributed by atoms with E-state index in [-0.39, 0.29) is 5.43 Å². The molecule has 5 rings (SSSR count). The molecule has 0 aliphatic heterocycles. The van der Waals surface area contributed by atoms with Crippen LogP contribution in [0.25, 0.3) is 44.1 Å². The highest BCUT2D eigenvalue weighted by atomic mass is 16.5. The van der Waals surface area contributed by atoms with Gasteiger partial charge in [-0.25, -0.2) is 0 Å². The molecule has 0 unspecified atom stereocenters. The molecule has 0 N–H and O–H groups in total. The number of rotatable bonds is 3. The van der Waals surface area contributed by atoms with Gasteiger partial charge < -0.3 is 9.30 Å². The van der Waals surface area contributed by atoms with Crippen molar-refractivity contribution in [2.75, 3.05) is 7.11 Å². The molecule has 0 aliphatic rings. The van der Waals surface area contributed by atoms with Crippen LogP contribution in [0.2, 0.25) is 0 Å². The first-order chi connectivity index (χ1) is 14.7. The van der Waals surface area contributed by atoms with E-state index in [9.17, 15) is 4.79 Å². The molecule has 0 saturated heterocycles. The predicted octanol–water partition coefficient (Wildman–Crippen LogP) is 6.03. The number of methoxy groups -OCH3 is 1. The van der Waals surface area contributed by atoms with Crippen LogP contribution in [0.4, 0.5) is 0 Å². The Morgan fingerprint density at radius 1 is 0.667 bits per heavy atom. The summed E-state index contributed by atoms with van der Waals surface area (Å²) >= 11 is 0. The number of benzene rings is 4. The molecule has 5 aromatic rings. The van der Waals surface area contributed by atoms with Crippen LogP contribution in [0.3, 0.4) is 0 Å². The molecule has 1 heterocycles. The first-order valence-corrected chi connectivity index (χ1v) is 9.93. The average Bonchev–Trinajstić information content (AvgIpc) is 2.82. The number of para-hydroxylation sites is 1. The van der Waals surface area contributed by atoms with E-state index in [1.54, 1.807) is 7.11 Å². The average molecular weight is 391 g/mol. The number of aryl methyl sites for hydroxylation is 1. The summed E-state index contributed by atoms with van der Waals surface area (Å²) < 4.78 is 7.43. The zero-order chi connectivity index (χ0) is 20.7. The van der Waals surface area contributed by atoms with Crippen LogP contribution in [-0.2, 0) is 7.05 Å². The van der Waals surface area contributed by atoms with Crippen molar-refractivity contribution in [3.05, 3.63) is 101 Å². The number of aromatic nitrogens is 1. The number of fused-ring (bicyclic) bond motifs is 2. The Hall–Kier alpha value is -3.85. The number of hydrogen-bond donors (Lipinski definition) is 0. The van der Waals surface area contributed by atoms with E-state index in [1.807, 2.05) is 67.7 Å². The number of ether oxygens (including phenoxy) is 1. The second-order valence-electron chi connectivity index (χ2n) is 7.41. The Bertz CT molecular complexity index is 1430. The molecule has 0 atom stereocenters. The van der Waals surface area contributed by atoms with Crippen LogP contribution < -0.4 is 10.2 Å². The fraction of sp³-hybridized carbons (Fsp3) is 0.0741. The third kappa shape index (κ3) is 2.87. The van der Waals surface area contributed by atoms with Gasteiger partial charge in [0.15, 0.2) is 5.43 Å². The molecule has 0 radical (unpaired) electrons. The number of nitrogens with zero attached hydrogens (tertiary/aromatic N) is 1. The van der Waals surface area contributed by atoms with Gasteiger partial charge in [-0.3, -0.25) is 4.79 Å². The fourth-order valence-electron chi connectivity index (χ4n) is 4.15. The summed E-state index contributed by atoms with van der Waals surface area (Å²) in [5.41, 5.74) is 6.21. The van der Waals surface area contributed by atoms with E-state index in [0.29, 0.717) is 0 Å². The van der Waals surface area contributed by atoms with E-state index in [1.165, 1.54) is 0 Å². The Labute approximate surface area is 174 Å². The molecule has 0 bridgehead atoms. The van der Waals surface area contributed by atoms with Crippen molar-refractivity contribution in [1.82, 2.24) is 4.57 Å². The third-order valence-electron chi connectivity index (χ3n) is 5.74. The summed E-state index contributed by atoms with van der Waals surface area (Å²) in [4.78, 5) is 13.3. The van der Waals surface area contributed by atoms with Gasteiger partial charge in [0, 0.05) is 17.8 Å². The maximum Gasteiger partial charge on any atom is 0.197 e. The van der Waals surface area contributed by atoms with Gasteiger partial charge in [-0.1, -0.05) is 54.6 Å². The Kier molecular flexibility index (Phi) is 4.36. The van der Waals surface area contributed by atoms with Crippen LogP contribution in [0.1, 0.15) is 0 Å². The zero-order valence-electron chi connectivity index (χ0n) is 16.9. The lowest BCUT2D eigenvalue weighted by Gasteiger charge is -2.16. The standard InChI is InChI=1S/C27H21NO2/c1-28-25-11-7-6-10-21(25)27(29)24-16-22(18-8-4-3-5-9-18)23(17-26(24)28)19-12-14-20(30-2)15-13-19/h3-17H,1-2H3. The van der Waals surface area contributed by atoms with E-state index in [0.717, 1.165) is 49.8 Å². The zero-order valence-corrected chi connectivity index (χ0v) is 16.9. The van der Waals surface area contributed by atoms with Gasteiger partial charge in [0.25, 0.3) is 0 Å². The minimum Gasteiger partial charge on any atom is -0.497 e. The predicted molar refractivity (Wildman–Crippen MR) is 124 cm³/mol. The highest BCUT2D eigenvalue weighted by molar-refractivity contribution is 6.00. The Morgan fingerprint density at radius 3 is 2.03 bits per heavy atom. The normalized spacial score (nSPS) is 11.1. The molecular weight excluding hydrogens is 370 g/mol. The summed E-state index contributed by atoms with van der Waals surface area (Å²) in [5, 5.41) is 1.47. The van der Waals surface area contributed by atoms with Gasteiger partial charge in [0.05, 0.1) is 18.1 Å². The van der Waals surface area contributed by atoms with Crippen molar-refractivity contribution >= 4 is 21.8 Å². The lowest BCUT2D eigenvalue weighted by molar-refractivity contribution is 0.415. The lowest BCUT2D eigenvalue weighted by atomic mass is 9.92. The summed E-state index contributed by atoms with van der Waals surface area (Å²) in [7, 11) is 3.69. The second-order valence-corrected chi connectivity index (χ2v) is 7.41. The van der Waals surface area contributed by atoms with Crippen molar-refractivity contribution in [3.63, 3.8) is 0 Å². The van der Waals surface area contributed by atoms with Crippen LogP contribution in [0.5, 0.6) is 5.75 Å². The first-order valence-electron chi connectivity index (χ1n) is 9.93.